The molecule has 2 rings (SSSR count). The molecule has 1 amide bonds. The van der Waals surface area contributed by atoms with Gasteiger partial charge in [0.1, 0.15) is 0 Å². The molecule has 1 saturated heterocycles. The summed E-state index contributed by atoms with van der Waals surface area (Å²) in [5.74, 6) is 0.177. The van der Waals surface area contributed by atoms with E-state index in [0.29, 0.717) is 12.5 Å². The smallest absolute Gasteiger partial charge is 0.220 e. The van der Waals surface area contributed by atoms with Crippen molar-refractivity contribution < 1.29 is 4.79 Å². The second kappa shape index (κ2) is 5.61. The Kier molecular flexibility index (Phi) is 3.88. The summed E-state index contributed by atoms with van der Waals surface area (Å²) in [4.78, 5) is 15.2. The van der Waals surface area contributed by atoms with E-state index in [2.05, 4.69) is 15.6 Å². The Morgan fingerprint density at radius 1 is 1.50 bits per heavy atom. The highest BCUT2D eigenvalue weighted by molar-refractivity contribution is 5.78. The van der Waals surface area contributed by atoms with E-state index in [4.69, 9.17) is 0 Å². The Hall–Kier alpha value is -1.42. The first kappa shape index (κ1) is 11.1. The molecule has 1 aliphatic rings. The molecule has 0 aromatic carbocycles. The third-order valence-electron chi connectivity index (χ3n) is 2.76. The molecule has 1 atom stereocenters. The first-order valence-corrected chi connectivity index (χ1v) is 5.74. The molecule has 2 N–H and O–H groups in total. The summed E-state index contributed by atoms with van der Waals surface area (Å²) in [6.07, 6.45) is 4.37. The predicted octanol–water partition coefficient (Wildman–Crippen LogP) is 0.492. The van der Waals surface area contributed by atoms with Crippen molar-refractivity contribution in [2.24, 2.45) is 0 Å². The molecule has 0 saturated carbocycles. The van der Waals surface area contributed by atoms with E-state index >= 15 is 0 Å². The number of carbonyl (C=O) groups excluding carboxylic acids is 1. The van der Waals surface area contributed by atoms with Gasteiger partial charge < -0.3 is 10.6 Å². The van der Waals surface area contributed by atoms with Gasteiger partial charge in [-0.1, -0.05) is 6.07 Å². The van der Waals surface area contributed by atoms with Crippen molar-refractivity contribution in [3.05, 3.63) is 30.1 Å². The molecule has 0 radical (unpaired) electrons. The van der Waals surface area contributed by atoms with E-state index in [1.165, 1.54) is 0 Å². The summed E-state index contributed by atoms with van der Waals surface area (Å²) in [6, 6.07) is 6.26. The molecule has 0 bridgehead atoms. The van der Waals surface area contributed by atoms with Gasteiger partial charge in [0.25, 0.3) is 0 Å². The maximum absolute atomic E-state index is 11.0. The fourth-order valence-corrected chi connectivity index (χ4v) is 1.87. The van der Waals surface area contributed by atoms with Crippen LogP contribution in [0.4, 0.5) is 0 Å². The number of carbonyl (C=O) groups is 1. The van der Waals surface area contributed by atoms with E-state index in [1.54, 1.807) is 0 Å². The van der Waals surface area contributed by atoms with Gasteiger partial charge in [0.05, 0.1) is 0 Å². The van der Waals surface area contributed by atoms with Crippen molar-refractivity contribution >= 4 is 5.91 Å². The average Bonchev–Trinajstić information content (AvgIpc) is 2.72. The molecule has 4 heteroatoms. The van der Waals surface area contributed by atoms with Crippen LogP contribution < -0.4 is 10.6 Å². The highest BCUT2D eigenvalue weighted by atomic mass is 16.1. The lowest BCUT2D eigenvalue weighted by Crippen LogP contribution is -2.36. The van der Waals surface area contributed by atoms with Gasteiger partial charge in [-0.3, -0.25) is 9.78 Å². The van der Waals surface area contributed by atoms with Gasteiger partial charge in [-0.05, 0) is 18.6 Å². The van der Waals surface area contributed by atoms with Gasteiger partial charge in [-0.15, -0.1) is 0 Å². The molecule has 2 heterocycles. The largest absolute Gasteiger partial charge is 0.352 e. The van der Waals surface area contributed by atoms with Crippen LogP contribution in [0.15, 0.2) is 24.4 Å². The normalized spacial score (nSPS) is 19.8. The molecule has 16 heavy (non-hydrogen) atoms. The summed E-state index contributed by atoms with van der Waals surface area (Å²) in [6.45, 7) is 1.77. The number of nitrogens with zero attached hydrogens (tertiary/aromatic N) is 1. The van der Waals surface area contributed by atoms with Crippen LogP contribution in [-0.4, -0.2) is 30.0 Å². The first-order valence-electron chi connectivity index (χ1n) is 5.74. The summed E-state index contributed by atoms with van der Waals surface area (Å²) in [7, 11) is 0. The van der Waals surface area contributed by atoms with Crippen molar-refractivity contribution in [2.45, 2.75) is 25.3 Å². The molecule has 1 aromatic rings. The number of amides is 1. The third kappa shape index (κ3) is 3.31. The van der Waals surface area contributed by atoms with E-state index in [1.807, 2.05) is 24.4 Å². The van der Waals surface area contributed by atoms with E-state index in [9.17, 15) is 4.79 Å². The fourth-order valence-electron chi connectivity index (χ4n) is 1.87. The highest BCUT2D eigenvalue weighted by Gasteiger charge is 2.19. The van der Waals surface area contributed by atoms with Gasteiger partial charge in [0.15, 0.2) is 0 Å². The maximum Gasteiger partial charge on any atom is 0.220 e. The lowest BCUT2D eigenvalue weighted by atomic mass is 10.2. The lowest BCUT2D eigenvalue weighted by Gasteiger charge is -2.10. The van der Waals surface area contributed by atoms with Crippen LogP contribution in [0.3, 0.4) is 0 Å². The van der Waals surface area contributed by atoms with Crippen molar-refractivity contribution in [1.82, 2.24) is 15.6 Å². The zero-order chi connectivity index (χ0) is 11.2. The Morgan fingerprint density at radius 3 is 3.12 bits per heavy atom. The van der Waals surface area contributed by atoms with Gasteiger partial charge >= 0.3 is 0 Å². The zero-order valence-corrected chi connectivity index (χ0v) is 9.28. The molecule has 1 aromatic heterocycles. The topological polar surface area (TPSA) is 54.0 Å². The number of hydrogen-bond acceptors (Lipinski definition) is 3. The summed E-state index contributed by atoms with van der Waals surface area (Å²) in [5, 5.41) is 6.28. The third-order valence-corrected chi connectivity index (χ3v) is 2.76. The highest BCUT2D eigenvalue weighted by Crippen LogP contribution is 2.04. The van der Waals surface area contributed by atoms with Crippen LogP contribution in [0.5, 0.6) is 0 Å². The molecule has 86 valence electrons. The van der Waals surface area contributed by atoms with E-state index < -0.39 is 0 Å². The molecule has 0 aliphatic carbocycles. The van der Waals surface area contributed by atoms with Crippen molar-refractivity contribution in [1.29, 1.82) is 0 Å². The van der Waals surface area contributed by atoms with Crippen molar-refractivity contribution in [3.63, 3.8) is 0 Å². The number of pyridine rings is 1. The van der Waals surface area contributed by atoms with E-state index in [-0.39, 0.29) is 5.91 Å². The maximum atomic E-state index is 11.0. The predicted molar refractivity (Wildman–Crippen MR) is 62.0 cm³/mol. The number of nitrogens with one attached hydrogen (secondary N) is 2. The van der Waals surface area contributed by atoms with Crippen LogP contribution in [0.25, 0.3) is 0 Å². The zero-order valence-electron chi connectivity index (χ0n) is 9.28. The minimum Gasteiger partial charge on any atom is -0.352 e. The second-order valence-electron chi connectivity index (χ2n) is 4.08. The Balaban J connectivity index is 1.60. The van der Waals surface area contributed by atoms with Crippen molar-refractivity contribution in [3.8, 4) is 0 Å². The molecule has 1 aliphatic heterocycles. The molecule has 0 spiro atoms. The number of rotatable bonds is 5. The SMILES string of the molecule is O=C1CCC(CNCCc2ccccn2)N1. The van der Waals surface area contributed by atoms with Gasteiger partial charge in [0.2, 0.25) is 5.91 Å². The van der Waals surface area contributed by atoms with Gasteiger partial charge in [0, 0.05) is 43.9 Å². The average molecular weight is 219 g/mol. The van der Waals surface area contributed by atoms with Crippen LogP contribution in [0, 0.1) is 0 Å². The molecule has 1 unspecified atom stereocenters. The minimum absolute atomic E-state index is 0.177. The molecular formula is C12H17N3O. The molecule has 4 nitrogen and oxygen atoms in total. The van der Waals surface area contributed by atoms with Crippen LogP contribution in [0.2, 0.25) is 0 Å². The molecule has 1 fully saturated rings. The van der Waals surface area contributed by atoms with Gasteiger partial charge in [-0.2, -0.15) is 0 Å². The Labute approximate surface area is 95.5 Å². The monoisotopic (exact) mass is 219 g/mol. The Bertz CT molecular complexity index is 339. The van der Waals surface area contributed by atoms with Crippen LogP contribution >= 0.6 is 0 Å². The summed E-state index contributed by atoms with van der Waals surface area (Å²) < 4.78 is 0. The van der Waals surface area contributed by atoms with Crippen molar-refractivity contribution in [2.75, 3.05) is 13.1 Å². The van der Waals surface area contributed by atoms with E-state index in [0.717, 1.165) is 31.6 Å². The standard InChI is InChI=1S/C12H17N3O/c16-12-5-4-11(15-12)9-13-8-6-10-3-1-2-7-14-10/h1-3,7,11,13H,4-6,8-9H2,(H,15,16). The number of aromatic nitrogens is 1. The van der Waals surface area contributed by atoms with Crippen LogP contribution in [0.1, 0.15) is 18.5 Å². The fraction of sp³-hybridized carbons (Fsp3) is 0.500. The summed E-state index contributed by atoms with van der Waals surface area (Å²) in [5.41, 5.74) is 1.10. The minimum atomic E-state index is 0.177. The quantitative estimate of drug-likeness (QED) is 0.709. The second-order valence-corrected chi connectivity index (χ2v) is 4.08. The lowest BCUT2D eigenvalue weighted by molar-refractivity contribution is -0.119. The Morgan fingerprint density at radius 2 is 2.44 bits per heavy atom. The summed E-state index contributed by atoms with van der Waals surface area (Å²) >= 11 is 0. The number of hydrogen-bond donors (Lipinski definition) is 2. The first-order chi connectivity index (χ1) is 7.84. The van der Waals surface area contributed by atoms with Gasteiger partial charge in [-0.25, -0.2) is 0 Å². The molecular weight excluding hydrogens is 202 g/mol. The van der Waals surface area contributed by atoms with Crippen LogP contribution in [-0.2, 0) is 11.2 Å².